The molecule has 3 saturated heterocycles. The number of amides is 2. The molecule has 3 unspecified atom stereocenters. The number of nitrogens with zero attached hydrogens (tertiary/aromatic N) is 1. The van der Waals surface area contributed by atoms with E-state index in [1.54, 1.807) is 13.8 Å². The lowest BCUT2D eigenvalue weighted by molar-refractivity contribution is -0.155. The topological polar surface area (TPSA) is 105 Å². The van der Waals surface area contributed by atoms with Crippen LogP contribution in [0.15, 0.2) is 0 Å². The minimum atomic E-state index is -1.14. The van der Waals surface area contributed by atoms with E-state index in [4.69, 9.17) is 9.47 Å². The highest BCUT2D eigenvalue weighted by molar-refractivity contribution is 9.09. The van der Waals surface area contributed by atoms with Crippen molar-refractivity contribution in [1.82, 2.24) is 10.2 Å². The van der Waals surface area contributed by atoms with Crippen molar-refractivity contribution >= 4 is 33.7 Å². The lowest BCUT2D eigenvalue weighted by Gasteiger charge is -2.39. The molecule has 1 spiro atoms. The van der Waals surface area contributed by atoms with Gasteiger partial charge in [-0.2, -0.15) is 0 Å². The van der Waals surface area contributed by atoms with Gasteiger partial charge in [0, 0.05) is 10.4 Å². The molecule has 0 aromatic carbocycles. The molecular formula is C23H37BrN2O6. The van der Waals surface area contributed by atoms with E-state index < -0.39 is 47.1 Å². The van der Waals surface area contributed by atoms with Crippen LogP contribution in [0.25, 0.3) is 0 Å². The predicted molar refractivity (Wildman–Crippen MR) is 122 cm³/mol. The lowest BCUT2D eigenvalue weighted by atomic mass is 9.70. The van der Waals surface area contributed by atoms with Gasteiger partial charge in [-0.05, 0) is 46.0 Å². The number of aliphatic hydroxyl groups excluding tert-OH is 1. The van der Waals surface area contributed by atoms with Crippen LogP contribution in [-0.2, 0) is 23.9 Å². The second-order valence-electron chi connectivity index (χ2n) is 11.3. The Morgan fingerprint density at radius 1 is 1.34 bits per heavy atom. The highest BCUT2D eigenvalue weighted by Gasteiger charge is 2.77. The summed E-state index contributed by atoms with van der Waals surface area (Å²) in [5, 5.41) is 13.0. The van der Waals surface area contributed by atoms with Crippen LogP contribution < -0.4 is 5.32 Å². The van der Waals surface area contributed by atoms with Crippen molar-refractivity contribution in [2.75, 3.05) is 13.2 Å². The Morgan fingerprint density at radius 2 is 1.97 bits per heavy atom. The third-order valence-corrected chi connectivity index (χ3v) is 7.55. The van der Waals surface area contributed by atoms with Crippen LogP contribution >= 0.6 is 15.9 Å². The summed E-state index contributed by atoms with van der Waals surface area (Å²) < 4.78 is 11.6. The van der Waals surface area contributed by atoms with E-state index in [1.807, 2.05) is 13.8 Å². The number of halogens is 1. The fraction of sp³-hybridized carbons (Fsp3) is 0.870. The van der Waals surface area contributed by atoms with E-state index in [9.17, 15) is 19.5 Å². The molecule has 0 aromatic heterocycles. The highest BCUT2D eigenvalue weighted by Crippen LogP contribution is 2.60. The largest absolute Gasteiger partial charge is 0.466 e. The van der Waals surface area contributed by atoms with Crippen LogP contribution in [0, 0.1) is 17.3 Å². The van der Waals surface area contributed by atoms with Crippen LogP contribution in [0.3, 0.4) is 0 Å². The van der Waals surface area contributed by atoms with Crippen LogP contribution in [0.2, 0.25) is 0 Å². The van der Waals surface area contributed by atoms with E-state index in [2.05, 4.69) is 42.0 Å². The summed E-state index contributed by atoms with van der Waals surface area (Å²) in [5.74, 6) is -2.72. The van der Waals surface area contributed by atoms with Crippen LogP contribution in [0.4, 0.5) is 0 Å². The summed E-state index contributed by atoms with van der Waals surface area (Å²) in [5.41, 5.74) is -1.68. The molecule has 3 fully saturated rings. The zero-order chi connectivity index (χ0) is 24.2. The fourth-order valence-electron chi connectivity index (χ4n) is 6.21. The molecule has 8 nitrogen and oxygen atoms in total. The van der Waals surface area contributed by atoms with E-state index >= 15 is 0 Å². The van der Waals surface area contributed by atoms with Crippen molar-refractivity contribution in [3.05, 3.63) is 0 Å². The van der Waals surface area contributed by atoms with Gasteiger partial charge in [0.25, 0.3) is 0 Å². The first-order chi connectivity index (χ1) is 14.7. The maximum atomic E-state index is 13.8. The van der Waals surface area contributed by atoms with Crippen molar-refractivity contribution in [3.8, 4) is 0 Å². The van der Waals surface area contributed by atoms with Gasteiger partial charge in [-0.1, -0.05) is 36.7 Å². The second kappa shape index (κ2) is 8.55. The molecule has 0 radical (unpaired) electrons. The Kier molecular flexibility index (Phi) is 6.79. The molecular weight excluding hydrogens is 480 g/mol. The van der Waals surface area contributed by atoms with Gasteiger partial charge in [0.05, 0.1) is 37.2 Å². The number of hydrogen-bond donors (Lipinski definition) is 2. The minimum Gasteiger partial charge on any atom is -0.466 e. The molecule has 32 heavy (non-hydrogen) atoms. The van der Waals surface area contributed by atoms with Gasteiger partial charge in [-0.25, -0.2) is 0 Å². The van der Waals surface area contributed by atoms with Gasteiger partial charge in [0.2, 0.25) is 11.8 Å². The van der Waals surface area contributed by atoms with Gasteiger partial charge in [-0.3, -0.25) is 14.4 Å². The number of ether oxygens (including phenoxy) is 2. The number of rotatable bonds is 7. The number of aliphatic hydroxyl groups is 1. The Labute approximate surface area is 198 Å². The predicted octanol–water partition coefficient (Wildman–Crippen LogP) is 2.01. The SMILES string of the molecule is CCOC(=O)[C@H]1[C@H]2C(=O)N([C@H](C)CO)C(C(=O)NC(C)(C)CC(C)(C)C)C23CC(Br)[C@@H]1O3. The number of hydrogen-bond acceptors (Lipinski definition) is 6. The number of fused-ring (bicyclic) bond motifs is 1. The van der Waals surface area contributed by atoms with E-state index in [0.29, 0.717) is 6.42 Å². The average molecular weight is 517 g/mol. The molecule has 3 aliphatic rings. The van der Waals surface area contributed by atoms with Crippen molar-refractivity contribution < 1.29 is 29.0 Å². The summed E-state index contributed by atoms with van der Waals surface area (Å²) >= 11 is 3.61. The van der Waals surface area contributed by atoms with Crippen LogP contribution in [-0.4, -0.2) is 75.2 Å². The maximum Gasteiger partial charge on any atom is 0.312 e. The molecule has 2 bridgehead atoms. The number of carbonyl (C=O) groups excluding carboxylic acids is 3. The molecule has 0 aliphatic carbocycles. The lowest BCUT2D eigenvalue weighted by Crippen LogP contribution is -2.61. The van der Waals surface area contributed by atoms with E-state index in [-0.39, 0.29) is 35.3 Å². The molecule has 3 aliphatic heterocycles. The standard InChI is InChI=1S/C23H37BrN2O6/c1-8-31-20(30)14-15-19(29)26(12(2)10-27)17(23(15)9-13(24)16(14)32-23)18(28)25-22(6,7)11-21(3,4)5/h12-17,27H,8-11H2,1-7H3,(H,25,28)/t12-,13?,14+,15+,16+,17?,23?/m1/s1. The monoisotopic (exact) mass is 516 g/mol. The summed E-state index contributed by atoms with van der Waals surface area (Å²) in [4.78, 5) is 41.5. The van der Waals surface area contributed by atoms with Gasteiger partial charge >= 0.3 is 5.97 Å². The Bertz CT molecular complexity index is 781. The molecule has 3 heterocycles. The highest BCUT2D eigenvalue weighted by atomic mass is 79.9. The molecule has 0 saturated carbocycles. The summed E-state index contributed by atoms with van der Waals surface area (Å²) in [6.07, 6.45) is 0.623. The first-order valence-electron chi connectivity index (χ1n) is 11.4. The third-order valence-electron chi connectivity index (χ3n) is 6.71. The maximum absolute atomic E-state index is 13.8. The average Bonchev–Trinajstić information content (AvgIpc) is 3.22. The molecule has 9 heteroatoms. The summed E-state index contributed by atoms with van der Waals surface area (Å²) in [6.45, 7) is 13.6. The number of carbonyl (C=O) groups is 3. The van der Waals surface area contributed by atoms with Gasteiger partial charge in [-0.15, -0.1) is 0 Å². The van der Waals surface area contributed by atoms with E-state index in [0.717, 1.165) is 6.42 Å². The van der Waals surface area contributed by atoms with Crippen molar-refractivity contribution in [2.24, 2.45) is 17.3 Å². The quantitative estimate of drug-likeness (QED) is 0.396. The number of likely N-dealkylation sites (tertiary alicyclic amines) is 1. The number of alkyl halides is 1. The zero-order valence-electron chi connectivity index (χ0n) is 20.1. The van der Waals surface area contributed by atoms with Crippen molar-refractivity contribution in [3.63, 3.8) is 0 Å². The summed E-state index contributed by atoms with van der Waals surface area (Å²) in [7, 11) is 0. The third kappa shape index (κ3) is 4.20. The van der Waals surface area contributed by atoms with Gasteiger partial charge in [0.15, 0.2) is 0 Å². The smallest absolute Gasteiger partial charge is 0.312 e. The minimum absolute atomic E-state index is 0.0144. The first kappa shape index (κ1) is 25.4. The molecule has 7 atom stereocenters. The van der Waals surface area contributed by atoms with Gasteiger partial charge in [0.1, 0.15) is 11.6 Å². The molecule has 2 amide bonds. The second-order valence-corrected chi connectivity index (χ2v) is 12.5. The zero-order valence-corrected chi connectivity index (χ0v) is 21.7. The molecule has 2 N–H and O–H groups in total. The van der Waals surface area contributed by atoms with E-state index in [1.165, 1.54) is 4.90 Å². The summed E-state index contributed by atoms with van der Waals surface area (Å²) in [6, 6.07) is -1.53. The van der Waals surface area contributed by atoms with Gasteiger partial charge < -0.3 is 24.8 Å². The van der Waals surface area contributed by atoms with Crippen LogP contribution in [0.5, 0.6) is 0 Å². The first-order valence-corrected chi connectivity index (χ1v) is 12.3. The Hall–Kier alpha value is -1.19. The molecule has 182 valence electrons. The van der Waals surface area contributed by atoms with Crippen molar-refractivity contribution in [1.29, 1.82) is 0 Å². The number of nitrogens with one attached hydrogen (secondary N) is 1. The Balaban J connectivity index is 2.01. The Morgan fingerprint density at radius 3 is 2.50 bits per heavy atom. The van der Waals surface area contributed by atoms with Crippen molar-refractivity contribution in [2.45, 2.75) is 95.5 Å². The molecule has 3 rings (SSSR count). The fourth-order valence-corrected chi connectivity index (χ4v) is 7.15. The normalized spacial score (nSPS) is 35.1. The number of esters is 1. The molecule has 0 aromatic rings. The van der Waals surface area contributed by atoms with Crippen LogP contribution in [0.1, 0.15) is 61.3 Å².